The van der Waals surface area contributed by atoms with Gasteiger partial charge in [-0.15, -0.1) is 0 Å². The lowest BCUT2D eigenvalue weighted by Gasteiger charge is -2.30. The quantitative estimate of drug-likeness (QED) is 0.674. The minimum atomic E-state index is -0.00381. The first kappa shape index (κ1) is 18.1. The summed E-state index contributed by atoms with van der Waals surface area (Å²) < 4.78 is 6.59. The summed E-state index contributed by atoms with van der Waals surface area (Å²) in [5.41, 5.74) is 0.0893. The molecule has 0 saturated heterocycles. The van der Waals surface area contributed by atoms with E-state index in [-0.39, 0.29) is 11.0 Å². The molecule has 0 amide bonds. The van der Waals surface area contributed by atoms with Crippen molar-refractivity contribution in [1.29, 1.82) is 0 Å². The van der Waals surface area contributed by atoms with Crippen LogP contribution in [0.4, 0.5) is 0 Å². The molecule has 0 bridgehead atoms. The van der Waals surface area contributed by atoms with E-state index in [1.165, 1.54) is 0 Å². The van der Waals surface area contributed by atoms with E-state index in [1.54, 1.807) is 12.1 Å². The van der Waals surface area contributed by atoms with Crippen molar-refractivity contribution in [2.75, 3.05) is 13.2 Å². The summed E-state index contributed by atoms with van der Waals surface area (Å²) in [6.07, 6.45) is 0. The molecule has 1 aromatic rings. The summed E-state index contributed by atoms with van der Waals surface area (Å²) >= 11 is 15.5. The molecule has 114 valence electrons. The summed E-state index contributed by atoms with van der Waals surface area (Å²) in [5.74, 6) is 0.615. The van der Waals surface area contributed by atoms with Gasteiger partial charge in [0.25, 0.3) is 0 Å². The van der Waals surface area contributed by atoms with Crippen LogP contribution in [0, 0.1) is 5.41 Å². The number of rotatable bonds is 5. The number of hydrogen-bond acceptors (Lipinski definition) is 2. The van der Waals surface area contributed by atoms with Crippen LogP contribution in [-0.2, 0) is 0 Å². The van der Waals surface area contributed by atoms with Crippen LogP contribution < -0.4 is 10.1 Å². The Bertz CT molecular complexity index is 470. The molecule has 0 radical (unpaired) electrons. The zero-order valence-electron chi connectivity index (χ0n) is 12.6. The van der Waals surface area contributed by atoms with Crippen LogP contribution in [0.2, 0.25) is 10.0 Å². The van der Waals surface area contributed by atoms with Gasteiger partial charge in [0.05, 0.1) is 16.7 Å². The molecular weight excluding hydrogens is 361 g/mol. The van der Waals surface area contributed by atoms with Crippen molar-refractivity contribution in [3.8, 4) is 5.75 Å². The number of hydrogen-bond donors (Lipinski definition) is 1. The third-order valence-corrected chi connectivity index (χ3v) is 4.18. The molecular formula is C15H22BrCl2NO. The fourth-order valence-electron chi connectivity index (χ4n) is 1.44. The van der Waals surface area contributed by atoms with Crippen LogP contribution >= 0.6 is 39.1 Å². The minimum absolute atomic E-state index is 0.00381. The molecule has 0 spiro atoms. The van der Waals surface area contributed by atoms with E-state index in [1.807, 2.05) is 0 Å². The fraction of sp³-hybridized carbons (Fsp3) is 0.600. The maximum atomic E-state index is 6.15. The Kier molecular flexibility index (Phi) is 6.21. The molecule has 0 aliphatic heterocycles. The van der Waals surface area contributed by atoms with Crippen LogP contribution in [0.1, 0.15) is 34.6 Å². The molecule has 1 N–H and O–H groups in total. The van der Waals surface area contributed by atoms with Crippen molar-refractivity contribution in [3.63, 3.8) is 0 Å². The van der Waals surface area contributed by atoms with E-state index in [2.05, 4.69) is 55.9 Å². The summed E-state index contributed by atoms with van der Waals surface area (Å²) in [7, 11) is 0. The molecule has 0 aliphatic carbocycles. The summed E-state index contributed by atoms with van der Waals surface area (Å²) in [5, 5.41) is 4.64. The Balaban J connectivity index is 2.64. The average Bonchev–Trinajstić information content (AvgIpc) is 2.29. The van der Waals surface area contributed by atoms with Gasteiger partial charge in [-0.2, -0.15) is 0 Å². The van der Waals surface area contributed by atoms with Gasteiger partial charge < -0.3 is 10.1 Å². The molecule has 1 aromatic carbocycles. The monoisotopic (exact) mass is 381 g/mol. The first-order valence-corrected chi connectivity index (χ1v) is 8.07. The molecule has 0 atom stereocenters. The largest absolute Gasteiger partial charge is 0.491 e. The first-order chi connectivity index (χ1) is 9.00. The maximum Gasteiger partial charge on any atom is 0.139 e. The molecule has 2 nitrogen and oxygen atoms in total. The van der Waals surface area contributed by atoms with Gasteiger partial charge in [0.2, 0.25) is 0 Å². The van der Waals surface area contributed by atoms with Crippen molar-refractivity contribution in [1.82, 2.24) is 5.32 Å². The Labute approximate surface area is 140 Å². The van der Waals surface area contributed by atoms with E-state index in [4.69, 9.17) is 27.9 Å². The van der Waals surface area contributed by atoms with E-state index < -0.39 is 0 Å². The van der Waals surface area contributed by atoms with Gasteiger partial charge in [-0.3, -0.25) is 0 Å². The fourth-order valence-corrected chi connectivity index (χ4v) is 2.29. The molecule has 0 saturated carbocycles. The highest BCUT2D eigenvalue weighted by molar-refractivity contribution is 9.10. The highest BCUT2D eigenvalue weighted by Crippen LogP contribution is 2.34. The Hall–Kier alpha value is 0.0400. The van der Waals surface area contributed by atoms with E-state index >= 15 is 0 Å². The third kappa shape index (κ3) is 6.21. The van der Waals surface area contributed by atoms with Crippen molar-refractivity contribution in [3.05, 3.63) is 26.7 Å². The predicted molar refractivity (Wildman–Crippen MR) is 91.2 cm³/mol. The minimum Gasteiger partial charge on any atom is -0.491 e. The van der Waals surface area contributed by atoms with Crippen LogP contribution in [0.5, 0.6) is 5.75 Å². The van der Waals surface area contributed by atoms with E-state index in [0.29, 0.717) is 22.4 Å². The first-order valence-electron chi connectivity index (χ1n) is 6.53. The highest BCUT2D eigenvalue weighted by Gasteiger charge is 2.22. The average molecular weight is 383 g/mol. The normalized spacial score (nSPS) is 12.6. The molecule has 0 fully saturated rings. The van der Waals surface area contributed by atoms with Crippen molar-refractivity contribution in [2.45, 2.75) is 40.2 Å². The van der Waals surface area contributed by atoms with Crippen LogP contribution in [-0.4, -0.2) is 18.7 Å². The van der Waals surface area contributed by atoms with E-state index in [9.17, 15) is 0 Å². The maximum absolute atomic E-state index is 6.15. The van der Waals surface area contributed by atoms with Crippen molar-refractivity contribution < 1.29 is 4.74 Å². The molecule has 5 heteroatoms. The standard InChI is InChI=1S/C15H22BrCl2NO/c1-14(2,3)19-8-15(4,5)9-20-13-7-11(17)10(16)6-12(13)18/h6-7,19H,8-9H2,1-5H3. The van der Waals surface area contributed by atoms with Gasteiger partial charge >= 0.3 is 0 Å². The summed E-state index contributed by atoms with van der Waals surface area (Å²) in [6.45, 7) is 12.2. The molecule has 0 heterocycles. The molecule has 20 heavy (non-hydrogen) atoms. The second-order valence-electron chi connectivity index (χ2n) is 6.75. The van der Waals surface area contributed by atoms with Crippen molar-refractivity contribution >= 4 is 39.1 Å². The Morgan fingerprint density at radius 1 is 1.10 bits per heavy atom. The third-order valence-electron chi connectivity index (χ3n) is 2.69. The SMILES string of the molecule is CC(C)(CNC(C)(C)C)COc1cc(Cl)c(Br)cc1Cl. The highest BCUT2D eigenvalue weighted by atomic mass is 79.9. The molecule has 0 aromatic heterocycles. The molecule has 0 aliphatic rings. The van der Waals surface area contributed by atoms with Crippen LogP contribution in [0.25, 0.3) is 0 Å². The zero-order chi connectivity index (χ0) is 15.6. The van der Waals surface area contributed by atoms with Gasteiger partial charge in [0.15, 0.2) is 0 Å². The number of nitrogens with one attached hydrogen (secondary N) is 1. The Morgan fingerprint density at radius 2 is 1.70 bits per heavy atom. The summed E-state index contributed by atoms with van der Waals surface area (Å²) in [6, 6.07) is 3.49. The van der Waals surface area contributed by atoms with Gasteiger partial charge in [-0.25, -0.2) is 0 Å². The lowest BCUT2D eigenvalue weighted by molar-refractivity contribution is 0.166. The summed E-state index contributed by atoms with van der Waals surface area (Å²) in [4.78, 5) is 0. The zero-order valence-corrected chi connectivity index (χ0v) is 15.7. The smallest absolute Gasteiger partial charge is 0.139 e. The second kappa shape index (κ2) is 6.87. The van der Waals surface area contributed by atoms with Crippen molar-refractivity contribution in [2.24, 2.45) is 5.41 Å². The predicted octanol–water partition coefficient (Wildman–Crippen LogP) is 5.55. The van der Waals surface area contributed by atoms with Crippen LogP contribution in [0.15, 0.2) is 16.6 Å². The number of benzene rings is 1. The topological polar surface area (TPSA) is 21.3 Å². The molecule has 1 rings (SSSR count). The van der Waals surface area contributed by atoms with Crippen LogP contribution in [0.3, 0.4) is 0 Å². The number of halogens is 3. The van der Waals surface area contributed by atoms with Gasteiger partial charge in [-0.05, 0) is 42.8 Å². The van der Waals surface area contributed by atoms with Gasteiger partial charge in [0.1, 0.15) is 5.75 Å². The van der Waals surface area contributed by atoms with E-state index in [0.717, 1.165) is 11.0 Å². The number of ether oxygens (including phenoxy) is 1. The Morgan fingerprint density at radius 3 is 2.25 bits per heavy atom. The van der Waals surface area contributed by atoms with Gasteiger partial charge in [-0.1, -0.05) is 37.0 Å². The second-order valence-corrected chi connectivity index (χ2v) is 8.42. The van der Waals surface area contributed by atoms with Gasteiger partial charge in [0, 0.05) is 28.0 Å². The molecule has 0 unspecified atom stereocenters. The lowest BCUT2D eigenvalue weighted by atomic mass is 9.93. The lowest BCUT2D eigenvalue weighted by Crippen LogP contribution is -2.43.